The summed E-state index contributed by atoms with van der Waals surface area (Å²) in [6.45, 7) is 12.7. The van der Waals surface area contributed by atoms with E-state index < -0.39 is 11.5 Å². The molecule has 1 aliphatic heterocycles. The van der Waals surface area contributed by atoms with Crippen LogP contribution < -0.4 is 5.32 Å². The number of nitrogens with zero attached hydrogens (tertiary/aromatic N) is 1. The first-order valence-electron chi connectivity index (χ1n) is 8.50. The van der Waals surface area contributed by atoms with Crippen molar-refractivity contribution in [3.63, 3.8) is 0 Å². The molecule has 1 heterocycles. The molecule has 1 fully saturated rings. The van der Waals surface area contributed by atoms with E-state index in [0.717, 1.165) is 39.0 Å². The minimum Gasteiger partial charge on any atom is -0.480 e. The van der Waals surface area contributed by atoms with Crippen molar-refractivity contribution in [1.82, 2.24) is 10.2 Å². The van der Waals surface area contributed by atoms with Crippen LogP contribution in [0.15, 0.2) is 0 Å². The van der Waals surface area contributed by atoms with Gasteiger partial charge in [-0.15, -0.1) is 0 Å². The first kappa shape index (κ1) is 18.4. The highest BCUT2D eigenvalue weighted by Crippen LogP contribution is 2.29. The topological polar surface area (TPSA) is 52.6 Å². The Kier molecular flexibility index (Phi) is 7.14. The molecule has 1 saturated heterocycles. The Morgan fingerprint density at radius 1 is 1.33 bits per heavy atom. The lowest BCUT2D eigenvalue weighted by atomic mass is 9.85. The van der Waals surface area contributed by atoms with Crippen LogP contribution in [0, 0.1) is 5.41 Å². The van der Waals surface area contributed by atoms with Gasteiger partial charge in [0.1, 0.15) is 5.54 Å². The average Bonchev–Trinajstić information content (AvgIpc) is 2.57. The molecule has 0 spiro atoms. The number of hydrogen-bond donors (Lipinski definition) is 2. The van der Waals surface area contributed by atoms with E-state index in [1.54, 1.807) is 0 Å². The van der Waals surface area contributed by atoms with Gasteiger partial charge in [0, 0.05) is 0 Å². The second-order valence-corrected chi connectivity index (χ2v) is 7.53. The zero-order valence-electron chi connectivity index (χ0n) is 14.4. The highest BCUT2D eigenvalue weighted by Gasteiger charge is 2.32. The van der Waals surface area contributed by atoms with Gasteiger partial charge in [-0.1, -0.05) is 20.8 Å². The summed E-state index contributed by atoms with van der Waals surface area (Å²) in [5, 5.41) is 12.6. The van der Waals surface area contributed by atoms with Gasteiger partial charge in [0.25, 0.3) is 0 Å². The fraction of sp³-hybridized carbons (Fsp3) is 0.941. The molecule has 0 aromatic carbocycles. The molecule has 0 radical (unpaired) electrons. The molecular weight excluding hydrogens is 264 g/mol. The molecule has 0 aromatic rings. The van der Waals surface area contributed by atoms with E-state index in [0.29, 0.717) is 11.8 Å². The Bertz CT molecular complexity index is 331. The molecule has 0 amide bonds. The molecule has 0 aromatic heterocycles. The van der Waals surface area contributed by atoms with Crippen LogP contribution in [-0.4, -0.2) is 47.7 Å². The van der Waals surface area contributed by atoms with Crippen molar-refractivity contribution < 1.29 is 9.90 Å². The fourth-order valence-corrected chi connectivity index (χ4v) is 3.03. The Morgan fingerprint density at radius 3 is 2.67 bits per heavy atom. The van der Waals surface area contributed by atoms with Crippen molar-refractivity contribution in [2.45, 2.75) is 71.8 Å². The third-order valence-corrected chi connectivity index (χ3v) is 4.82. The molecule has 1 aliphatic rings. The molecule has 4 nitrogen and oxygen atoms in total. The lowest BCUT2D eigenvalue weighted by Crippen LogP contribution is -2.50. The number of carboxylic acid groups (broad SMARTS) is 1. The van der Waals surface area contributed by atoms with Crippen molar-refractivity contribution in [3.05, 3.63) is 0 Å². The second kappa shape index (κ2) is 8.14. The summed E-state index contributed by atoms with van der Waals surface area (Å²) in [4.78, 5) is 14.0. The molecule has 0 saturated carbocycles. The predicted octanol–water partition coefficient (Wildman–Crippen LogP) is 3.12. The van der Waals surface area contributed by atoms with Crippen molar-refractivity contribution in [2.24, 2.45) is 5.41 Å². The third kappa shape index (κ3) is 6.35. The molecule has 0 aliphatic carbocycles. The summed E-state index contributed by atoms with van der Waals surface area (Å²) >= 11 is 0. The molecule has 1 rings (SSSR count). The number of carboxylic acids is 1. The minimum atomic E-state index is -0.777. The van der Waals surface area contributed by atoms with Gasteiger partial charge >= 0.3 is 5.97 Å². The number of carbonyl (C=O) groups is 1. The van der Waals surface area contributed by atoms with Crippen LogP contribution in [0.3, 0.4) is 0 Å². The highest BCUT2D eigenvalue weighted by atomic mass is 16.4. The Labute approximate surface area is 130 Å². The van der Waals surface area contributed by atoms with Crippen LogP contribution in [0.1, 0.15) is 66.2 Å². The van der Waals surface area contributed by atoms with Crippen LogP contribution in [0.2, 0.25) is 0 Å². The molecule has 1 unspecified atom stereocenters. The number of nitrogens with one attached hydrogen (secondary N) is 1. The van der Waals surface area contributed by atoms with Gasteiger partial charge in [0.05, 0.1) is 0 Å². The standard InChI is InChI=1S/C17H34N2O2/c1-5-11-18-17(4,15(20)21)9-7-13-19-12-6-8-16(2,3)10-14-19/h18H,5-14H2,1-4H3,(H,20,21). The van der Waals surface area contributed by atoms with Crippen LogP contribution in [0.25, 0.3) is 0 Å². The van der Waals surface area contributed by atoms with E-state index in [4.69, 9.17) is 0 Å². The molecule has 4 heteroatoms. The van der Waals surface area contributed by atoms with Crippen molar-refractivity contribution in [2.75, 3.05) is 26.2 Å². The average molecular weight is 298 g/mol. The smallest absolute Gasteiger partial charge is 0.323 e. The van der Waals surface area contributed by atoms with Crippen LogP contribution in [0.5, 0.6) is 0 Å². The molecule has 1 atom stereocenters. The first-order chi connectivity index (χ1) is 9.79. The summed E-state index contributed by atoms with van der Waals surface area (Å²) in [6, 6.07) is 0. The van der Waals surface area contributed by atoms with Gasteiger partial charge in [-0.25, -0.2) is 0 Å². The lowest BCUT2D eigenvalue weighted by molar-refractivity contribution is -0.144. The first-order valence-corrected chi connectivity index (χ1v) is 8.50. The summed E-state index contributed by atoms with van der Waals surface area (Å²) in [7, 11) is 0. The van der Waals surface area contributed by atoms with Gasteiger partial charge in [0.15, 0.2) is 0 Å². The van der Waals surface area contributed by atoms with E-state index in [1.807, 2.05) is 6.92 Å². The Hall–Kier alpha value is -0.610. The SMILES string of the molecule is CCCNC(C)(CCCN1CCCC(C)(C)CC1)C(=O)O. The van der Waals surface area contributed by atoms with Gasteiger partial charge in [-0.3, -0.25) is 4.79 Å². The minimum absolute atomic E-state index is 0.465. The van der Waals surface area contributed by atoms with Gasteiger partial charge in [0.2, 0.25) is 0 Å². The third-order valence-electron chi connectivity index (χ3n) is 4.82. The van der Waals surface area contributed by atoms with Gasteiger partial charge in [-0.05, 0) is 77.0 Å². The second-order valence-electron chi connectivity index (χ2n) is 7.53. The quantitative estimate of drug-likeness (QED) is 0.723. The number of aliphatic carboxylic acids is 1. The van der Waals surface area contributed by atoms with Crippen LogP contribution >= 0.6 is 0 Å². The largest absolute Gasteiger partial charge is 0.480 e. The zero-order valence-corrected chi connectivity index (χ0v) is 14.4. The van der Waals surface area contributed by atoms with Gasteiger partial charge < -0.3 is 15.3 Å². The maximum Gasteiger partial charge on any atom is 0.323 e. The molecule has 21 heavy (non-hydrogen) atoms. The van der Waals surface area contributed by atoms with Crippen molar-refractivity contribution in [1.29, 1.82) is 0 Å². The van der Waals surface area contributed by atoms with Crippen molar-refractivity contribution in [3.8, 4) is 0 Å². The Morgan fingerprint density at radius 2 is 2.05 bits per heavy atom. The van der Waals surface area contributed by atoms with E-state index in [-0.39, 0.29) is 0 Å². The van der Waals surface area contributed by atoms with Gasteiger partial charge in [-0.2, -0.15) is 0 Å². The fourth-order valence-electron chi connectivity index (χ4n) is 3.03. The van der Waals surface area contributed by atoms with E-state index >= 15 is 0 Å². The maximum atomic E-state index is 11.5. The highest BCUT2D eigenvalue weighted by molar-refractivity contribution is 5.78. The number of rotatable bonds is 8. The molecular formula is C17H34N2O2. The van der Waals surface area contributed by atoms with E-state index in [9.17, 15) is 9.90 Å². The normalized spacial score (nSPS) is 22.5. The predicted molar refractivity (Wildman–Crippen MR) is 87.6 cm³/mol. The molecule has 124 valence electrons. The summed E-state index contributed by atoms with van der Waals surface area (Å²) in [5.74, 6) is -0.729. The lowest BCUT2D eigenvalue weighted by Gasteiger charge is -2.28. The maximum absolute atomic E-state index is 11.5. The number of hydrogen-bond acceptors (Lipinski definition) is 3. The summed E-state index contributed by atoms with van der Waals surface area (Å²) in [5.41, 5.74) is -0.311. The molecule has 2 N–H and O–H groups in total. The zero-order chi connectivity index (χ0) is 15.9. The summed E-state index contributed by atoms with van der Waals surface area (Å²) in [6.07, 6.45) is 6.41. The van der Waals surface area contributed by atoms with Crippen LogP contribution in [0.4, 0.5) is 0 Å². The van der Waals surface area contributed by atoms with Crippen LogP contribution in [-0.2, 0) is 4.79 Å². The van der Waals surface area contributed by atoms with E-state index in [2.05, 4.69) is 31.0 Å². The number of likely N-dealkylation sites (tertiary alicyclic amines) is 1. The van der Waals surface area contributed by atoms with Crippen molar-refractivity contribution >= 4 is 5.97 Å². The summed E-state index contributed by atoms with van der Waals surface area (Å²) < 4.78 is 0. The monoisotopic (exact) mass is 298 g/mol. The molecule has 0 bridgehead atoms. The van der Waals surface area contributed by atoms with E-state index in [1.165, 1.54) is 19.3 Å². The Balaban J connectivity index is 2.38.